The van der Waals surface area contributed by atoms with Crippen molar-refractivity contribution < 1.29 is 0 Å². The lowest BCUT2D eigenvalue weighted by Crippen LogP contribution is -2.28. The third kappa shape index (κ3) is 5.16. The molecule has 2 nitrogen and oxygen atoms in total. The Labute approximate surface area is 330 Å². The molecule has 2 heterocycles. The van der Waals surface area contributed by atoms with E-state index in [1.165, 1.54) is 59.1 Å². The lowest BCUT2D eigenvalue weighted by Gasteiger charge is -2.34. The third-order valence-corrected chi connectivity index (χ3v) is 12.6. The summed E-state index contributed by atoms with van der Waals surface area (Å²) in [6.45, 7) is 0. The zero-order valence-electron chi connectivity index (χ0n) is 30.4. The molecular weight excluding hydrogens is 697 g/mol. The minimum absolute atomic E-state index is 0.447. The van der Waals surface area contributed by atoms with Gasteiger partial charge in [0.05, 0.1) is 16.8 Å². The fraction of sp³-hybridized carbons (Fsp3) is 0.0189. The molecule has 0 fully saturated rings. The van der Waals surface area contributed by atoms with Gasteiger partial charge in [-0.1, -0.05) is 176 Å². The van der Waals surface area contributed by atoms with E-state index in [1.807, 2.05) is 29.5 Å². The number of fused-ring (bicyclic) bond motifs is 6. The van der Waals surface area contributed by atoms with Crippen LogP contribution in [0.4, 0.5) is 0 Å². The van der Waals surface area contributed by atoms with E-state index in [4.69, 9.17) is 9.97 Å². The predicted octanol–water partition coefficient (Wildman–Crippen LogP) is 13.9. The molecule has 0 saturated heterocycles. The zero-order valence-corrected chi connectivity index (χ0v) is 31.2. The molecule has 0 atom stereocenters. The van der Waals surface area contributed by atoms with E-state index in [9.17, 15) is 0 Å². The average molecular weight is 731 g/mol. The lowest BCUT2D eigenvalue weighted by atomic mass is 9.67. The second-order valence-corrected chi connectivity index (χ2v) is 15.6. The first-order valence-corrected chi connectivity index (χ1v) is 19.9. The van der Waals surface area contributed by atoms with Crippen LogP contribution in [0.2, 0.25) is 0 Å². The van der Waals surface area contributed by atoms with Crippen LogP contribution in [-0.4, -0.2) is 9.97 Å². The Morgan fingerprint density at radius 1 is 0.339 bits per heavy atom. The summed E-state index contributed by atoms with van der Waals surface area (Å²) >= 11 is 1.85. The fourth-order valence-electron chi connectivity index (χ4n) is 8.83. The van der Waals surface area contributed by atoms with Crippen LogP contribution in [0, 0.1) is 0 Å². The van der Waals surface area contributed by atoms with Crippen LogP contribution in [0.25, 0.3) is 76.3 Å². The molecule has 0 N–H and O–H groups in total. The van der Waals surface area contributed by atoms with Crippen molar-refractivity contribution in [3.8, 4) is 56.2 Å². The number of benzene rings is 8. The Morgan fingerprint density at radius 3 is 1.62 bits per heavy atom. The molecule has 56 heavy (non-hydrogen) atoms. The zero-order chi connectivity index (χ0) is 37.1. The molecule has 0 saturated carbocycles. The maximum Gasteiger partial charge on any atom is 0.160 e. The van der Waals surface area contributed by atoms with Crippen LogP contribution in [0.1, 0.15) is 22.3 Å². The normalized spacial score (nSPS) is 12.8. The molecule has 8 aromatic carbocycles. The largest absolute Gasteiger partial charge is 0.228 e. The van der Waals surface area contributed by atoms with Gasteiger partial charge in [0.25, 0.3) is 0 Å². The molecule has 262 valence electrons. The van der Waals surface area contributed by atoms with E-state index >= 15 is 0 Å². The smallest absolute Gasteiger partial charge is 0.160 e. The van der Waals surface area contributed by atoms with Crippen molar-refractivity contribution in [1.29, 1.82) is 0 Å². The molecule has 1 aliphatic rings. The van der Waals surface area contributed by atoms with E-state index in [2.05, 4.69) is 188 Å². The quantitative estimate of drug-likeness (QED) is 0.170. The molecule has 0 aliphatic heterocycles. The Kier molecular flexibility index (Phi) is 7.61. The van der Waals surface area contributed by atoms with Crippen molar-refractivity contribution in [2.75, 3.05) is 0 Å². The summed E-state index contributed by atoms with van der Waals surface area (Å²) < 4.78 is 2.62. The summed E-state index contributed by atoms with van der Waals surface area (Å²) in [5.74, 6) is 0.707. The van der Waals surface area contributed by atoms with Gasteiger partial charge in [-0.2, -0.15) is 0 Å². The number of hydrogen-bond acceptors (Lipinski definition) is 3. The highest BCUT2D eigenvalue weighted by Crippen LogP contribution is 2.56. The number of thiophene rings is 1. The summed E-state index contributed by atoms with van der Waals surface area (Å²) in [4.78, 5) is 10.4. The van der Waals surface area contributed by atoms with Crippen molar-refractivity contribution in [2.45, 2.75) is 5.41 Å². The highest BCUT2D eigenvalue weighted by Gasteiger charge is 2.45. The maximum absolute atomic E-state index is 5.20. The fourth-order valence-corrected chi connectivity index (χ4v) is 9.91. The summed E-state index contributed by atoms with van der Waals surface area (Å²) in [5.41, 5.74) is 14.4. The summed E-state index contributed by atoms with van der Waals surface area (Å²) in [5, 5.41) is 2.60. The molecular formula is C53H34N2S. The monoisotopic (exact) mass is 730 g/mol. The second kappa shape index (κ2) is 13.1. The average Bonchev–Trinajstić information content (AvgIpc) is 3.81. The number of aromatic nitrogens is 2. The molecule has 11 rings (SSSR count). The van der Waals surface area contributed by atoms with Gasteiger partial charge >= 0.3 is 0 Å². The molecule has 2 aromatic heterocycles. The Bertz CT molecular complexity index is 3030. The van der Waals surface area contributed by atoms with Crippen molar-refractivity contribution >= 4 is 31.5 Å². The van der Waals surface area contributed by atoms with Crippen LogP contribution in [-0.2, 0) is 5.41 Å². The standard InChI is InChI=1S/C53H34N2S/c1-3-14-36(15-4-1)52-54-48(34-49(55-52)39-17-13-16-37(32-39)38-28-31-51-45(33-38)44-22-9-12-25-50(44)56-51)35-26-29-41(30-27-35)53(40-18-5-2-6-19-40)46-23-10-7-20-42(46)43-21-8-11-24-47(43)53/h1-34H. The maximum atomic E-state index is 5.20. The predicted molar refractivity (Wildman–Crippen MR) is 234 cm³/mol. The van der Waals surface area contributed by atoms with Crippen LogP contribution < -0.4 is 0 Å². The molecule has 10 aromatic rings. The Hall–Kier alpha value is -6.94. The minimum atomic E-state index is -0.447. The van der Waals surface area contributed by atoms with Gasteiger partial charge in [-0.15, -0.1) is 11.3 Å². The molecule has 0 radical (unpaired) electrons. The van der Waals surface area contributed by atoms with Gasteiger partial charge in [0.1, 0.15) is 0 Å². The summed E-state index contributed by atoms with van der Waals surface area (Å²) in [6, 6.07) is 74.5. The number of rotatable bonds is 6. The van der Waals surface area contributed by atoms with Gasteiger partial charge < -0.3 is 0 Å². The van der Waals surface area contributed by atoms with Crippen LogP contribution in [0.3, 0.4) is 0 Å². The first kappa shape index (κ1) is 32.5. The topological polar surface area (TPSA) is 25.8 Å². The highest BCUT2D eigenvalue weighted by atomic mass is 32.1. The van der Waals surface area contributed by atoms with Crippen molar-refractivity contribution in [1.82, 2.24) is 9.97 Å². The minimum Gasteiger partial charge on any atom is -0.228 e. The second-order valence-electron chi connectivity index (χ2n) is 14.5. The van der Waals surface area contributed by atoms with E-state index in [-0.39, 0.29) is 0 Å². The van der Waals surface area contributed by atoms with Crippen LogP contribution in [0.5, 0.6) is 0 Å². The molecule has 0 unspecified atom stereocenters. The van der Waals surface area contributed by atoms with Gasteiger partial charge in [0, 0.05) is 36.9 Å². The Morgan fingerprint density at radius 2 is 0.875 bits per heavy atom. The van der Waals surface area contributed by atoms with Crippen molar-refractivity contribution in [3.63, 3.8) is 0 Å². The molecule has 0 amide bonds. The van der Waals surface area contributed by atoms with E-state index in [0.717, 1.165) is 33.6 Å². The molecule has 0 bridgehead atoms. The van der Waals surface area contributed by atoms with Gasteiger partial charge in [-0.25, -0.2) is 9.97 Å². The van der Waals surface area contributed by atoms with Gasteiger partial charge in [-0.05, 0) is 74.8 Å². The SMILES string of the molecule is c1ccc(-c2nc(-c3ccc(C4(c5ccccc5)c5ccccc5-c5ccccc54)cc3)cc(-c3cccc(-c4ccc5sc6ccccc6c5c4)c3)n2)cc1. The summed E-state index contributed by atoms with van der Waals surface area (Å²) in [6.07, 6.45) is 0. The van der Waals surface area contributed by atoms with Gasteiger partial charge in [-0.3, -0.25) is 0 Å². The van der Waals surface area contributed by atoms with Crippen LogP contribution in [0.15, 0.2) is 206 Å². The van der Waals surface area contributed by atoms with Crippen molar-refractivity contribution in [2.24, 2.45) is 0 Å². The van der Waals surface area contributed by atoms with E-state index in [0.29, 0.717) is 5.82 Å². The number of nitrogens with zero attached hydrogens (tertiary/aromatic N) is 2. The first-order valence-electron chi connectivity index (χ1n) is 19.1. The van der Waals surface area contributed by atoms with Gasteiger partial charge in [0.15, 0.2) is 5.82 Å². The number of hydrogen-bond donors (Lipinski definition) is 0. The van der Waals surface area contributed by atoms with Crippen molar-refractivity contribution in [3.05, 3.63) is 229 Å². The van der Waals surface area contributed by atoms with Crippen LogP contribution >= 0.6 is 11.3 Å². The lowest BCUT2D eigenvalue weighted by molar-refractivity contribution is 0.768. The summed E-state index contributed by atoms with van der Waals surface area (Å²) in [7, 11) is 0. The van der Waals surface area contributed by atoms with E-state index in [1.54, 1.807) is 0 Å². The van der Waals surface area contributed by atoms with Gasteiger partial charge in [0.2, 0.25) is 0 Å². The molecule has 1 aliphatic carbocycles. The molecule has 3 heteroatoms. The highest BCUT2D eigenvalue weighted by molar-refractivity contribution is 7.25. The van der Waals surface area contributed by atoms with E-state index < -0.39 is 5.41 Å². The molecule has 0 spiro atoms. The first-order chi connectivity index (χ1) is 27.7. The third-order valence-electron chi connectivity index (χ3n) is 11.4. The Balaban J connectivity index is 1.04.